The van der Waals surface area contributed by atoms with Crippen LogP contribution >= 0.6 is 11.6 Å². The van der Waals surface area contributed by atoms with E-state index in [4.69, 9.17) is 16.0 Å². The number of aromatic nitrogens is 3. The summed E-state index contributed by atoms with van der Waals surface area (Å²) in [6.07, 6.45) is 1.82. The van der Waals surface area contributed by atoms with Gasteiger partial charge in [0.2, 0.25) is 5.89 Å². The van der Waals surface area contributed by atoms with Gasteiger partial charge in [-0.2, -0.15) is 0 Å². The molecule has 0 bridgehead atoms. The third kappa shape index (κ3) is 3.05. The van der Waals surface area contributed by atoms with E-state index < -0.39 is 0 Å². The van der Waals surface area contributed by atoms with E-state index in [9.17, 15) is 0 Å². The maximum Gasteiger partial charge on any atom is 0.318 e. The highest BCUT2D eigenvalue weighted by atomic mass is 35.5. The molecule has 2 aromatic heterocycles. The van der Waals surface area contributed by atoms with Crippen molar-refractivity contribution >= 4 is 23.4 Å². The van der Waals surface area contributed by atoms with Crippen molar-refractivity contribution in [3.8, 4) is 11.5 Å². The number of halogens is 1. The van der Waals surface area contributed by atoms with Crippen molar-refractivity contribution in [1.82, 2.24) is 15.2 Å². The highest BCUT2D eigenvalue weighted by Crippen LogP contribution is 2.24. The average Bonchev–Trinajstić information content (AvgIpc) is 3.13. The van der Waals surface area contributed by atoms with Crippen molar-refractivity contribution < 1.29 is 4.42 Å². The molecule has 24 heavy (non-hydrogen) atoms. The average molecular weight is 342 g/mol. The van der Waals surface area contributed by atoms with Crippen LogP contribution in [0, 0.1) is 0 Å². The molecule has 0 N–H and O–H groups in total. The third-order valence-electron chi connectivity index (χ3n) is 4.03. The summed E-state index contributed by atoms with van der Waals surface area (Å²) in [5.41, 5.74) is 0.866. The first-order valence-corrected chi connectivity index (χ1v) is 8.18. The van der Waals surface area contributed by atoms with Gasteiger partial charge in [0, 0.05) is 43.0 Å². The molecule has 0 atom stereocenters. The van der Waals surface area contributed by atoms with Gasteiger partial charge in [-0.05, 0) is 36.4 Å². The van der Waals surface area contributed by atoms with Crippen LogP contribution in [0.4, 0.5) is 11.8 Å². The molecule has 7 heteroatoms. The third-order valence-corrected chi connectivity index (χ3v) is 4.28. The van der Waals surface area contributed by atoms with E-state index in [2.05, 4.69) is 25.0 Å². The van der Waals surface area contributed by atoms with Gasteiger partial charge in [0.15, 0.2) is 0 Å². The lowest BCUT2D eigenvalue weighted by Crippen LogP contribution is -2.47. The van der Waals surface area contributed by atoms with Crippen LogP contribution in [0.15, 0.2) is 53.1 Å². The lowest BCUT2D eigenvalue weighted by atomic mass is 10.2. The van der Waals surface area contributed by atoms with Crippen LogP contribution in [0.2, 0.25) is 5.02 Å². The van der Waals surface area contributed by atoms with E-state index in [1.54, 1.807) is 0 Å². The molecule has 0 unspecified atom stereocenters. The summed E-state index contributed by atoms with van der Waals surface area (Å²) in [4.78, 5) is 8.76. The van der Waals surface area contributed by atoms with Crippen molar-refractivity contribution in [1.29, 1.82) is 0 Å². The van der Waals surface area contributed by atoms with Crippen LogP contribution in [0.25, 0.3) is 11.5 Å². The highest BCUT2D eigenvalue weighted by molar-refractivity contribution is 6.30. The summed E-state index contributed by atoms with van der Waals surface area (Å²) in [7, 11) is 0. The molecule has 3 heterocycles. The zero-order valence-electron chi connectivity index (χ0n) is 13.0. The molecule has 122 valence electrons. The van der Waals surface area contributed by atoms with Gasteiger partial charge in [-0.15, -0.1) is 5.10 Å². The minimum Gasteiger partial charge on any atom is -0.403 e. The van der Waals surface area contributed by atoms with Crippen LogP contribution in [0.5, 0.6) is 0 Å². The Hall–Kier alpha value is -2.60. The van der Waals surface area contributed by atoms with Crippen LogP contribution in [-0.4, -0.2) is 41.4 Å². The van der Waals surface area contributed by atoms with Crippen molar-refractivity contribution in [2.24, 2.45) is 0 Å². The Balaban J connectivity index is 1.44. The van der Waals surface area contributed by atoms with Gasteiger partial charge in [-0.1, -0.05) is 22.8 Å². The van der Waals surface area contributed by atoms with Crippen molar-refractivity contribution in [3.63, 3.8) is 0 Å². The van der Waals surface area contributed by atoms with Gasteiger partial charge in [0.05, 0.1) is 0 Å². The summed E-state index contributed by atoms with van der Waals surface area (Å²) in [6.45, 7) is 3.38. The molecule has 1 aliphatic heterocycles. The largest absolute Gasteiger partial charge is 0.403 e. The SMILES string of the molecule is Clc1ccc(-c2nnc(N3CCN(c4ccccn4)CC3)o2)cc1. The minimum atomic E-state index is 0.508. The van der Waals surface area contributed by atoms with Gasteiger partial charge in [0.1, 0.15) is 5.82 Å². The monoisotopic (exact) mass is 341 g/mol. The van der Waals surface area contributed by atoms with E-state index in [-0.39, 0.29) is 0 Å². The Morgan fingerprint density at radius 3 is 2.33 bits per heavy atom. The van der Waals surface area contributed by atoms with Gasteiger partial charge in [0.25, 0.3) is 0 Å². The topological polar surface area (TPSA) is 58.3 Å². The summed E-state index contributed by atoms with van der Waals surface area (Å²) in [5.74, 6) is 1.51. The van der Waals surface area contributed by atoms with Crippen molar-refractivity contribution in [2.75, 3.05) is 36.0 Å². The van der Waals surface area contributed by atoms with E-state index in [1.165, 1.54) is 0 Å². The summed E-state index contributed by atoms with van der Waals surface area (Å²) in [5, 5.41) is 9.00. The number of piperazine rings is 1. The normalized spacial score (nSPS) is 14.9. The summed E-state index contributed by atoms with van der Waals surface area (Å²) in [6, 6.07) is 13.9. The zero-order chi connectivity index (χ0) is 16.4. The second-order valence-corrected chi connectivity index (χ2v) is 6.00. The van der Waals surface area contributed by atoms with Gasteiger partial charge in [-0.3, -0.25) is 0 Å². The van der Waals surface area contributed by atoms with Gasteiger partial charge < -0.3 is 14.2 Å². The molecule has 6 nitrogen and oxygen atoms in total. The minimum absolute atomic E-state index is 0.508. The number of nitrogens with zero attached hydrogens (tertiary/aromatic N) is 5. The molecule has 1 aromatic carbocycles. The molecule has 4 rings (SSSR count). The fourth-order valence-corrected chi connectivity index (χ4v) is 2.85. The Morgan fingerprint density at radius 2 is 1.62 bits per heavy atom. The Kier molecular flexibility index (Phi) is 4.04. The molecule has 0 saturated carbocycles. The number of pyridine rings is 1. The fraction of sp³-hybridized carbons (Fsp3) is 0.235. The fourth-order valence-electron chi connectivity index (χ4n) is 2.72. The second-order valence-electron chi connectivity index (χ2n) is 5.56. The Morgan fingerprint density at radius 1 is 0.875 bits per heavy atom. The first kappa shape index (κ1) is 15.0. The maximum atomic E-state index is 5.91. The second kappa shape index (κ2) is 6.49. The summed E-state index contributed by atoms with van der Waals surface area (Å²) < 4.78 is 5.82. The lowest BCUT2D eigenvalue weighted by molar-refractivity contribution is 0.523. The van der Waals surface area contributed by atoms with E-state index in [1.807, 2.05) is 48.7 Å². The first-order chi connectivity index (χ1) is 11.8. The highest BCUT2D eigenvalue weighted by Gasteiger charge is 2.22. The molecular formula is C17H16ClN5O. The quantitative estimate of drug-likeness (QED) is 0.729. The lowest BCUT2D eigenvalue weighted by Gasteiger charge is -2.34. The smallest absolute Gasteiger partial charge is 0.318 e. The molecular weight excluding hydrogens is 326 g/mol. The molecule has 0 radical (unpaired) electrons. The first-order valence-electron chi connectivity index (χ1n) is 7.80. The number of benzene rings is 1. The molecule has 1 saturated heterocycles. The van der Waals surface area contributed by atoms with Crippen LogP contribution in [-0.2, 0) is 0 Å². The zero-order valence-corrected chi connectivity index (χ0v) is 13.7. The number of rotatable bonds is 3. The number of hydrogen-bond acceptors (Lipinski definition) is 6. The van der Waals surface area contributed by atoms with Gasteiger partial charge >= 0.3 is 6.01 Å². The van der Waals surface area contributed by atoms with Crippen LogP contribution in [0.3, 0.4) is 0 Å². The van der Waals surface area contributed by atoms with E-state index >= 15 is 0 Å². The Labute approximate surface area is 144 Å². The standard InChI is InChI=1S/C17H16ClN5O/c18-14-6-4-13(5-7-14)16-20-21-17(24-16)23-11-9-22(10-12-23)15-3-1-2-8-19-15/h1-8H,9-12H2. The van der Waals surface area contributed by atoms with Crippen LogP contribution in [0.1, 0.15) is 0 Å². The van der Waals surface area contributed by atoms with E-state index in [0.717, 1.165) is 37.6 Å². The molecule has 0 aliphatic carbocycles. The molecule has 0 amide bonds. The predicted octanol–water partition coefficient (Wildman–Crippen LogP) is 3.11. The van der Waals surface area contributed by atoms with E-state index in [0.29, 0.717) is 16.9 Å². The van der Waals surface area contributed by atoms with Crippen LogP contribution < -0.4 is 9.80 Å². The Bertz CT molecular complexity index is 797. The molecule has 1 aliphatic rings. The van der Waals surface area contributed by atoms with Crippen molar-refractivity contribution in [3.05, 3.63) is 53.7 Å². The molecule has 0 spiro atoms. The number of hydrogen-bond donors (Lipinski definition) is 0. The predicted molar refractivity (Wildman–Crippen MR) is 93.4 cm³/mol. The summed E-state index contributed by atoms with van der Waals surface area (Å²) >= 11 is 5.91. The number of anilines is 2. The molecule has 1 fully saturated rings. The molecule has 3 aromatic rings. The van der Waals surface area contributed by atoms with Gasteiger partial charge in [-0.25, -0.2) is 4.98 Å². The van der Waals surface area contributed by atoms with Crippen molar-refractivity contribution in [2.45, 2.75) is 0 Å². The maximum absolute atomic E-state index is 5.91.